The summed E-state index contributed by atoms with van der Waals surface area (Å²) in [6.07, 6.45) is 4.60. The Morgan fingerprint density at radius 1 is 1.38 bits per heavy atom. The Morgan fingerprint density at radius 3 is 2.69 bits per heavy atom. The molecule has 1 fully saturated rings. The first-order valence-corrected chi connectivity index (χ1v) is 5.84. The molecule has 0 bridgehead atoms. The molecule has 1 aliphatic rings. The van der Waals surface area contributed by atoms with Crippen molar-refractivity contribution in [3.63, 3.8) is 0 Å². The second-order valence-electron chi connectivity index (χ2n) is 4.11. The first-order chi connectivity index (χ1) is 7.66. The van der Waals surface area contributed by atoms with E-state index in [9.17, 15) is 4.39 Å². The van der Waals surface area contributed by atoms with E-state index in [4.69, 9.17) is 17.3 Å². The van der Waals surface area contributed by atoms with Gasteiger partial charge in [-0.3, -0.25) is 0 Å². The molecule has 16 heavy (non-hydrogen) atoms. The molecule has 0 unspecified atom stereocenters. The van der Waals surface area contributed by atoms with Gasteiger partial charge in [0.15, 0.2) is 0 Å². The van der Waals surface area contributed by atoms with Crippen molar-refractivity contribution in [3.05, 3.63) is 29.0 Å². The van der Waals surface area contributed by atoms with Gasteiger partial charge < -0.3 is 5.73 Å². The highest BCUT2D eigenvalue weighted by molar-refractivity contribution is 6.33. The Morgan fingerprint density at radius 2 is 2.06 bits per heavy atom. The van der Waals surface area contributed by atoms with Crippen LogP contribution in [-0.4, -0.2) is 5.84 Å². The number of rotatable bonds is 2. The van der Waals surface area contributed by atoms with Gasteiger partial charge in [0.25, 0.3) is 0 Å². The van der Waals surface area contributed by atoms with E-state index in [0.717, 1.165) is 12.8 Å². The van der Waals surface area contributed by atoms with Crippen LogP contribution in [0.3, 0.4) is 0 Å². The predicted molar refractivity (Wildman–Crippen MR) is 64.7 cm³/mol. The summed E-state index contributed by atoms with van der Waals surface area (Å²) < 4.78 is 12.8. The van der Waals surface area contributed by atoms with Crippen LogP contribution in [0.2, 0.25) is 5.02 Å². The lowest BCUT2D eigenvalue weighted by atomic mass is 10.1. The number of nitrogens with two attached hydrogens (primary N) is 1. The highest BCUT2D eigenvalue weighted by atomic mass is 35.5. The third-order valence-electron chi connectivity index (χ3n) is 2.93. The number of amidine groups is 1. The SMILES string of the molecule is NC(=Nc1ccc(F)cc1Cl)C1CCCC1. The van der Waals surface area contributed by atoms with E-state index in [2.05, 4.69) is 4.99 Å². The Labute approximate surface area is 99.3 Å². The molecule has 0 amide bonds. The summed E-state index contributed by atoms with van der Waals surface area (Å²) in [6, 6.07) is 4.15. The maximum atomic E-state index is 12.8. The summed E-state index contributed by atoms with van der Waals surface area (Å²) in [5.41, 5.74) is 6.46. The molecule has 2 nitrogen and oxygen atoms in total. The molecule has 0 heterocycles. The van der Waals surface area contributed by atoms with Crippen LogP contribution in [0.1, 0.15) is 25.7 Å². The summed E-state index contributed by atoms with van der Waals surface area (Å²) in [5, 5.41) is 0.306. The molecule has 1 aromatic rings. The molecule has 2 N–H and O–H groups in total. The summed E-state index contributed by atoms with van der Waals surface area (Å²) in [4.78, 5) is 4.28. The third kappa shape index (κ3) is 2.53. The average Bonchev–Trinajstić information content (AvgIpc) is 2.75. The van der Waals surface area contributed by atoms with E-state index < -0.39 is 0 Å². The zero-order valence-electron chi connectivity index (χ0n) is 8.92. The summed E-state index contributed by atoms with van der Waals surface area (Å²) in [7, 11) is 0. The van der Waals surface area contributed by atoms with Crippen molar-refractivity contribution >= 4 is 23.1 Å². The second kappa shape index (κ2) is 4.83. The van der Waals surface area contributed by atoms with Gasteiger partial charge in [0, 0.05) is 5.92 Å². The molecule has 0 atom stereocenters. The monoisotopic (exact) mass is 240 g/mol. The lowest BCUT2D eigenvalue weighted by Crippen LogP contribution is -2.20. The van der Waals surface area contributed by atoms with E-state index in [0.29, 0.717) is 22.5 Å². The van der Waals surface area contributed by atoms with Gasteiger partial charge in [-0.25, -0.2) is 9.38 Å². The maximum Gasteiger partial charge on any atom is 0.124 e. The minimum atomic E-state index is -0.358. The number of hydrogen-bond acceptors (Lipinski definition) is 1. The number of halogens is 2. The molecule has 2 rings (SSSR count). The van der Waals surface area contributed by atoms with Crippen molar-refractivity contribution in [2.24, 2.45) is 16.6 Å². The molecule has 0 aliphatic heterocycles. The highest BCUT2D eigenvalue weighted by Crippen LogP contribution is 2.29. The first-order valence-electron chi connectivity index (χ1n) is 5.46. The van der Waals surface area contributed by atoms with Crippen molar-refractivity contribution < 1.29 is 4.39 Å². The lowest BCUT2D eigenvalue weighted by molar-refractivity contribution is 0.628. The molecule has 0 radical (unpaired) electrons. The van der Waals surface area contributed by atoms with Gasteiger partial charge in [-0.05, 0) is 31.0 Å². The van der Waals surface area contributed by atoms with Gasteiger partial charge in [0.2, 0.25) is 0 Å². The molecule has 4 heteroatoms. The van der Waals surface area contributed by atoms with E-state index in [1.54, 1.807) is 6.07 Å². The van der Waals surface area contributed by atoms with Gasteiger partial charge in [-0.1, -0.05) is 24.4 Å². The van der Waals surface area contributed by atoms with Crippen molar-refractivity contribution in [1.82, 2.24) is 0 Å². The summed E-state index contributed by atoms with van der Waals surface area (Å²) in [5.74, 6) is 0.621. The van der Waals surface area contributed by atoms with Gasteiger partial charge in [-0.2, -0.15) is 0 Å². The fourth-order valence-corrected chi connectivity index (χ4v) is 2.23. The van der Waals surface area contributed by atoms with Crippen LogP contribution in [0.4, 0.5) is 10.1 Å². The smallest absolute Gasteiger partial charge is 0.124 e. The fraction of sp³-hybridized carbons (Fsp3) is 0.417. The van der Waals surface area contributed by atoms with Crippen LogP contribution >= 0.6 is 11.6 Å². The Balaban J connectivity index is 2.20. The van der Waals surface area contributed by atoms with Gasteiger partial charge >= 0.3 is 0 Å². The van der Waals surface area contributed by atoms with Crippen molar-refractivity contribution in [1.29, 1.82) is 0 Å². The normalized spacial score (nSPS) is 18.0. The van der Waals surface area contributed by atoms with Gasteiger partial charge in [-0.15, -0.1) is 0 Å². The Bertz CT molecular complexity index is 411. The minimum absolute atomic E-state index is 0.306. The molecule has 86 valence electrons. The van der Waals surface area contributed by atoms with Gasteiger partial charge in [0.1, 0.15) is 11.7 Å². The van der Waals surface area contributed by atoms with Crippen molar-refractivity contribution in [3.8, 4) is 0 Å². The van der Waals surface area contributed by atoms with E-state index in [1.807, 2.05) is 0 Å². The fourth-order valence-electron chi connectivity index (χ4n) is 2.02. The first kappa shape index (κ1) is 11.4. The van der Waals surface area contributed by atoms with Gasteiger partial charge in [0.05, 0.1) is 10.7 Å². The second-order valence-corrected chi connectivity index (χ2v) is 4.52. The quantitative estimate of drug-likeness (QED) is 0.622. The largest absolute Gasteiger partial charge is 0.387 e. The molecule has 0 saturated heterocycles. The standard InChI is InChI=1S/C12H14ClFN2/c13-10-7-9(14)5-6-11(10)16-12(15)8-3-1-2-4-8/h5-8H,1-4H2,(H2,15,16). The Kier molecular flexibility index (Phi) is 3.44. The zero-order chi connectivity index (χ0) is 11.5. The molecule has 1 aliphatic carbocycles. The van der Waals surface area contributed by atoms with Crippen LogP contribution in [0.15, 0.2) is 23.2 Å². The van der Waals surface area contributed by atoms with Crippen molar-refractivity contribution in [2.75, 3.05) is 0 Å². The van der Waals surface area contributed by atoms with Crippen LogP contribution in [0.5, 0.6) is 0 Å². The molecule has 0 aromatic heterocycles. The topological polar surface area (TPSA) is 38.4 Å². The number of nitrogens with zero attached hydrogens (tertiary/aromatic N) is 1. The number of hydrogen-bond donors (Lipinski definition) is 1. The number of aliphatic imine (C=N–C) groups is 1. The zero-order valence-corrected chi connectivity index (χ0v) is 9.67. The third-order valence-corrected chi connectivity index (χ3v) is 3.24. The average molecular weight is 241 g/mol. The van der Waals surface area contributed by atoms with Crippen LogP contribution in [-0.2, 0) is 0 Å². The van der Waals surface area contributed by atoms with Crippen LogP contribution in [0, 0.1) is 11.7 Å². The molecular formula is C12H14ClFN2. The van der Waals surface area contributed by atoms with E-state index in [1.165, 1.54) is 25.0 Å². The van der Waals surface area contributed by atoms with Crippen molar-refractivity contribution in [2.45, 2.75) is 25.7 Å². The Hall–Kier alpha value is -1.09. The molecule has 1 saturated carbocycles. The summed E-state index contributed by atoms with van der Waals surface area (Å²) >= 11 is 5.88. The van der Waals surface area contributed by atoms with E-state index >= 15 is 0 Å². The molecule has 1 aromatic carbocycles. The van der Waals surface area contributed by atoms with Crippen LogP contribution in [0.25, 0.3) is 0 Å². The van der Waals surface area contributed by atoms with Crippen LogP contribution < -0.4 is 5.73 Å². The maximum absolute atomic E-state index is 12.8. The number of benzene rings is 1. The lowest BCUT2D eigenvalue weighted by Gasteiger charge is -2.08. The minimum Gasteiger partial charge on any atom is -0.387 e. The molecular weight excluding hydrogens is 227 g/mol. The van der Waals surface area contributed by atoms with E-state index in [-0.39, 0.29) is 5.82 Å². The molecule has 0 spiro atoms. The summed E-state index contributed by atoms with van der Waals surface area (Å²) in [6.45, 7) is 0. The highest BCUT2D eigenvalue weighted by Gasteiger charge is 2.18. The predicted octanol–water partition coefficient (Wildman–Crippen LogP) is 3.66.